The first-order valence-corrected chi connectivity index (χ1v) is 10.5. The van der Waals surface area contributed by atoms with Crippen LogP contribution < -0.4 is 4.90 Å². The van der Waals surface area contributed by atoms with Crippen LogP contribution >= 0.6 is 0 Å². The molecule has 1 aliphatic rings. The Balaban J connectivity index is 1.71. The Hall–Kier alpha value is -4.40. The smallest absolute Gasteiger partial charge is 0.270 e. The third-order valence-corrected chi connectivity index (χ3v) is 5.62. The van der Waals surface area contributed by atoms with Crippen molar-refractivity contribution in [3.63, 3.8) is 0 Å². The molecule has 0 spiro atoms. The maximum Gasteiger partial charge on any atom is 0.270 e. The van der Waals surface area contributed by atoms with Crippen LogP contribution in [0.2, 0.25) is 0 Å². The number of halogens is 1. The summed E-state index contributed by atoms with van der Waals surface area (Å²) in [5.41, 5.74) is 1.62. The molecule has 1 saturated heterocycles. The van der Waals surface area contributed by atoms with Crippen molar-refractivity contribution < 1.29 is 23.7 Å². The van der Waals surface area contributed by atoms with Gasteiger partial charge in [-0.15, -0.1) is 0 Å². The summed E-state index contributed by atoms with van der Waals surface area (Å²) in [6.07, 6.45) is -0.241. The lowest BCUT2D eigenvalue weighted by Gasteiger charge is -2.28. The van der Waals surface area contributed by atoms with Crippen molar-refractivity contribution in [2.24, 2.45) is 0 Å². The number of amides is 3. The Morgan fingerprint density at radius 1 is 1.09 bits per heavy atom. The number of hydrogen-bond donors (Lipinski definition) is 0. The molecule has 1 unspecified atom stereocenters. The van der Waals surface area contributed by atoms with E-state index in [-0.39, 0.29) is 24.2 Å². The zero-order chi connectivity index (χ0) is 24.4. The number of nitro groups is 1. The molecule has 0 bridgehead atoms. The average molecular weight is 461 g/mol. The van der Waals surface area contributed by atoms with Crippen LogP contribution in [0.25, 0.3) is 0 Å². The van der Waals surface area contributed by atoms with E-state index >= 15 is 0 Å². The van der Waals surface area contributed by atoms with Gasteiger partial charge in [-0.25, -0.2) is 9.29 Å². The zero-order valence-corrected chi connectivity index (χ0v) is 18.2. The highest BCUT2D eigenvalue weighted by Gasteiger charge is 2.44. The summed E-state index contributed by atoms with van der Waals surface area (Å²) in [6.45, 7) is 1.79. The molecule has 3 aromatic carbocycles. The van der Waals surface area contributed by atoms with Gasteiger partial charge in [0.05, 0.1) is 17.0 Å². The van der Waals surface area contributed by atoms with E-state index in [2.05, 4.69) is 0 Å². The van der Waals surface area contributed by atoms with Gasteiger partial charge in [-0.2, -0.15) is 0 Å². The lowest BCUT2D eigenvalue weighted by molar-refractivity contribution is -0.384. The van der Waals surface area contributed by atoms with E-state index < -0.39 is 34.5 Å². The summed E-state index contributed by atoms with van der Waals surface area (Å²) >= 11 is 0. The van der Waals surface area contributed by atoms with Gasteiger partial charge in [-0.3, -0.25) is 24.5 Å². The summed E-state index contributed by atoms with van der Waals surface area (Å²) in [5, 5.41) is 11.2. The van der Waals surface area contributed by atoms with Crippen LogP contribution in [0.3, 0.4) is 0 Å². The van der Waals surface area contributed by atoms with Crippen molar-refractivity contribution in [3.05, 3.63) is 105 Å². The van der Waals surface area contributed by atoms with E-state index in [1.807, 2.05) is 6.92 Å². The normalized spacial score (nSPS) is 15.5. The van der Waals surface area contributed by atoms with Crippen LogP contribution in [0.5, 0.6) is 0 Å². The standard InChI is InChI=1S/C25H20FN3O5/c1-16-5-11-20(12-6-16)28-23(30)14-22(25(28)32)27(15-17-7-9-19(26)10-8-17)24(31)18-3-2-4-21(13-18)29(33)34/h2-13,22H,14-15H2,1H3. The van der Waals surface area contributed by atoms with E-state index in [0.29, 0.717) is 11.3 Å². The van der Waals surface area contributed by atoms with Gasteiger partial charge < -0.3 is 4.90 Å². The van der Waals surface area contributed by atoms with Crippen LogP contribution in [-0.2, 0) is 16.1 Å². The minimum atomic E-state index is -1.12. The number of imide groups is 1. The number of anilines is 1. The monoisotopic (exact) mass is 461 g/mol. The molecule has 1 atom stereocenters. The maximum absolute atomic E-state index is 13.5. The van der Waals surface area contributed by atoms with Crippen LogP contribution in [0, 0.1) is 22.9 Å². The molecule has 9 heteroatoms. The second-order valence-electron chi connectivity index (χ2n) is 7.99. The fourth-order valence-electron chi connectivity index (χ4n) is 3.85. The van der Waals surface area contributed by atoms with Crippen molar-refractivity contribution in [2.75, 3.05) is 4.90 Å². The molecule has 1 fully saturated rings. The van der Waals surface area contributed by atoms with Crippen LogP contribution in [0.4, 0.5) is 15.8 Å². The molecule has 1 heterocycles. The van der Waals surface area contributed by atoms with E-state index in [9.17, 15) is 28.9 Å². The molecule has 4 rings (SSSR count). The van der Waals surface area contributed by atoms with Crippen molar-refractivity contribution >= 4 is 29.1 Å². The summed E-state index contributed by atoms with van der Waals surface area (Å²) in [7, 11) is 0. The number of non-ortho nitro benzene ring substituents is 1. The van der Waals surface area contributed by atoms with Gasteiger partial charge in [0.25, 0.3) is 17.5 Å². The fourth-order valence-corrected chi connectivity index (χ4v) is 3.85. The highest BCUT2D eigenvalue weighted by molar-refractivity contribution is 6.23. The molecule has 0 aliphatic carbocycles. The minimum Gasteiger partial charge on any atom is -0.322 e. The predicted octanol–water partition coefficient (Wildman–Crippen LogP) is 4.02. The third kappa shape index (κ3) is 4.54. The fraction of sp³-hybridized carbons (Fsp3) is 0.160. The molecule has 0 saturated carbocycles. The van der Waals surface area contributed by atoms with Gasteiger partial charge in [0.1, 0.15) is 11.9 Å². The molecule has 34 heavy (non-hydrogen) atoms. The van der Waals surface area contributed by atoms with Gasteiger partial charge in [-0.05, 0) is 42.8 Å². The molecular formula is C25H20FN3O5. The number of carbonyl (C=O) groups excluding carboxylic acids is 3. The highest BCUT2D eigenvalue weighted by atomic mass is 19.1. The zero-order valence-electron chi connectivity index (χ0n) is 18.2. The Kier molecular flexibility index (Phi) is 6.18. The van der Waals surface area contributed by atoms with E-state index in [4.69, 9.17) is 0 Å². The number of aryl methyl sites for hydroxylation is 1. The van der Waals surface area contributed by atoms with Gasteiger partial charge in [0.2, 0.25) is 5.91 Å². The quantitative estimate of drug-likeness (QED) is 0.314. The lowest BCUT2D eigenvalue weighted by Crippen LogP contribution is -2.45. The third-order valence-electron chi connectivity index (χ3n) is 5.62. The van der Waals surface area contributed by atoms with E-state index in [1.165, 1.54) is 47.4 Å². The van der Waals surface area contributed by atoms with Crippen molar-refractivity contribution in [3.8, 4) is 0 Å². The van der Waals surface area contributed by atoms with Crippen molar-refractivity contribution in [2.45, 2.75) is 25.9 Å². The van der Waals surface area contributed by atoms with E-state index in [1.54, 1.807) is 24.3 Å². The van der Waals surface area contributed by atoms with Gasteiger partial charge in [0, 0.05) is 24.2 Å². The first kappa shape index (κ1) is 22.8. The molecule has 0 radical (unpaired) electrons. The molecule has 3 aromatic rings. The molecular weight excluding hydrogens is 441 g/mol. The molecule has 0 aromatic heterocycles. The predicted molar refractivity (Wildman–Crippen MR) is 121 cm³/mol. The van der Waals surface area contributed by atoms with Crippen molar-refractivity contribution in [1.29, 1.82) is 0 Å². The number of nitrogens with zero attached hydrogens (tertiary/aromatic N) is 3. The molecule has 1 aliphatic heterocycles. The second-order valence-corrected chi connectivity index (χ2v) is 7.99. The molecule has 0 N–H and O–H groups in total. The minimum absolute atomic E-state index is 0.00495. The molecule has 172 valence electrons. The first-order valence-electron chi connectivity index (χ1n) is 10.5. The maximum atomic E-state index is 13.5. The van der Waals surface area contributed by atoms with Crippen LogP contribution in [-0.4, -0.2) is 33.6 Å². The number of hydrogen-bond acceptors (Lipinski definition) is 5. The second kappa shape index (κ2) is 9.22. The Morgan fingerprint density at radius 2 is 1.76 bits per heavy atom. The Labute approximate surface area is 194 Å². The number of rotatable bonds is 6. The SMILES string of the molecule is Cc1ccc(N2C(=O)CC(N(Cc3ccc(F)cc3)C(=O)c3cccc([N+](=O)[O-])c3)C2=O)cc1. The largest absolute Gasteiger partial charge is 0.322 e. The number of carbonyl (C=O) groups is 3. The van der Waals surface area contributed by atoms with Gasteiger partial charge >= 0.3 is 0 Å². The first-order chi connectivity index (χ1) is 16.2. The highest BCUT2D eigenvalue weighted by Crippen LogP contribution is 2.28. The number of benzene rings is 3. The summed E-state index contributed by atoms with van der Waals surface area (Å²) in [4.78, 5) is 52.4. The molecule has 8 nitrogen and oxygen atoms in total. The average Bonchev–Trinajstić information content (AvgIpc) is 3.12. The summed E-state index contributed by atoms with van der Waals surface area (Å²) in [5.74, 6) is -2.15. The van der Waals surface area contributed by atoms with Crippen LogP contribution in [0.15, 0.2) is 72.8 Å². The topological polar surface area (TPSA) is 101 Å². The Bertz CT molecular complexity index is 1270. The summed E-state index contributed by atoms with van der Waals surface area (Å²) in [6, 6.07) is 16.3. The van der Waals surface area contributed by atoms with Gasteiger partial charge in [0.15, 0.2) is 0 Å². The van der Waals surface area contributed by atoms with Crippen molar-refractivity contribution in [1.82, 2.24) is 4.90 Å². The molecule has 3 amide bonds. The summed E-state index contributed by atoms with van der Waals surface area (Å²) < 4.78 is 13.4. The Morgan fingerprint density at radius 3 is 2.41 bits per heavy atom. The lowest BCUT2D eigenvalue weighted by atomic mass is 10.1. The van der Waals surface area contributed by atoms with Crippen LogP contribution in [0.1, 0.15) is 27.9 Å². The van der Waals surface area contributed by atoms with Gasteiger partial charge in [-0.1, -0.05) is 35.9 Å². The van der Waals surface area contributed by atoms with E-state index in [0.717, 1.165) is 16.5 Å². The number of nitro benzene ring substituents is 1.